The summed E-state index contributed by atoms with van der Waals surface area (Å²) in [5.41, 5.74) is -0.414. The molecule has 0 N–H and O–H groups in total. The Bertz CT molecular complexity index is 493. The zero-order valence-corrected chi connectivity index (χ0v) is 12.1. The zero-order chi connectivity index (χ0) is 14.5. The van der Waals surface area contributed by atoms with E-state index in [2.05, 4.69) is 15.9 Å². The summed E-state index contributed by atoms with van der Waals surface area (Å²) in [5.74, 6) is -0.693. The fourth-order valence-electron chi connectivity index (χ4n) is 1.79. The predicted octanol–water partition coefficient (Wildman–Crippen LogP) is 3.03. The van der Waals surface area contributed by atoms with Crippen molar-refractivity contribution in [2.24, 2.45) is 0 Å². The molecule has 110 valence electrons. The molecular formula is C12H13BrFNO5. The summed E-state index contributed by atoms with van der Waals surface area (Å²) in [6, 6.07) is 1.95. The average Bonchev–Trinajstić information content (AvgIpc) is 2.41. The maximum absolute atomic E-state index is 13.2. The summed E-state index contributed by atoms with van der Waals surface area (Å²) in [4.78, 5) is 10.2. The van der Waals surface area contributed by atoms with Crippen molar-refractivity contribution >= 4 is 21.6 Å². The molecule has 0 aliphatic carbocycles. The van der Waals surface area contributed by atoms with E-state index in [1.165, 1.54) is 0 Å². The maximum atomic E-state index is 13.2. The van der Waals surface area contributed by atoms with Crippen molar-refractivity contribution in [1.82, 2.24) is 0 Å². The highest BCUT2D eigenvalue weighted by molar-refractivity contribution is 9.10. The summed E-state index contributed by atoms with van der Waals surface area (Å²) in [6.07, 6.45) is 0.940. The highest BCUT2D eigenvalue weighted by atomic mass is 79.9. The molecule has 0 spiro atoms. The summed E-state index contributed by atoms with van der Waals surface area (Å²) in [6.45, 7) is 1.44. The van der Waals surface area contributed by atoms with Gasteiger partial charge in [-0.05, 0) is 28.4 Å². The van der Waals surface area contributed by atoms with Crippen LogP contribution in [-0.4, -0.2) is 31.0 Å². The van der Waals surface area contributed by atoms with Crippen molar-refractivity contribution in [1.29, 1.82) is 0 Å². The molecule has 6 nitrogen and oxygen atoms in total. The van der Waals surface area contributed by atoms with Crippen LogP contribution in [0, 0.1) is 15.9 Å². The molecule has 1 aromatic rings. The van der Waals surface area contributed by atoms with Gasteiger partial charge in [0.05, 0.1) is 35.3 Å². The lowest BCUT2D eigenvalue weighted by Gasteiger charge is -2.23. The molecule has 0 bridgehead atoms. The van der Waals surface area contributed by atoms with Gasteiger partial charge in [0.25, 0.3) is 0 Å². The highest BCUT2D eigenvalue weighted by Crippen LogP contribution is 2.36. The molecule has 0 radical (unpaired) electrons. The van der Waals surface area contributed by atoms with E-state index in [0.29, 0.717) is 19.6 Å². The number of rotatable bonds is 5. The number of benzene rings is 1. The van der Waals surface area contributed by atoms with Crippen LogP contribution in [0.5, 0.6) is 5.75 Å². The number of hydrogen-bond donors (Lipinski definition) is 0. The second kappa shape index (κ2) is 6.96. The van der Waals surface area contributed by atoms with Gasteiger partial charge in [0.2, 0.25) is 5.75 Å². The van der Waals surface area contributed by atoms with E-state index in [0.717, 1.165) is 18.6 Å². The molecule has 2 rings (SSSR count). The summed E-state index contributed by atoms with van der Waals surface area (Å²) < 4.78 is 29.4. The Kier molecular flexibility index (Phi) is 5.27. The molecule has 0 saturated carbocycles. The fourth-order valence-corrected chi connectivity index (χ4v) is 2.32. The van der Waals surface area contributed by atoms with Gasteiger partial charge in [-0.1, -0.05) is 0 Å². The monoisotopic (exact) mass is 349 g/mol. The predicted molar refractivity (Wildman–Crippen MR) is 71.2 cm³/mol. The first-order valence-electron chi connectivity index (χ1n) is 6.07. The Morgan fingerprint density at radius 3 is 2.80 bits per heavy atom. The number of ether oxygens (including phenoxy) is 3. The van der Waals surface area contributed by atoms with Crippen LogP contribution < -0.4 is 4.74 Å². The minimum Gasteiger partial charge on any atom is -0.486 e. The van der Waals surface area contributed by atoms with Crippen LogP contribution in [0.3, 0.4) is 0 Å². The molecule has 8 heteroatoms. The van der Waals surface area contributed by atoms with Crippen molar-refractivity contribution in [3.05, 3.63) is 32.5 Å². The van der Waals surface area contributed by atoms with E-state index in [9.17, 15) is 14.5 Å². The zero-order valence-electron chi connectivity index (χ0n) is 10.5. The third-order valence-electron chi connectivity index (χ3n) is 2.68. The van der Waals surface area contributed by atoms with Crippen LogP contribution in [0.25, 0.3) is 0 Å². The van der Waals surface area contributed by atoms with Gasteiger partial charge in [0, 0.05) is 6.42 Å². The molecule has 0 unspecified atom stereocenters. The van der Waals surface area contributed by atoms with E-state index in [1.807, 2.05) is 0 Å². The molecule has 1 fully saturated rings. The Hall–Kier alpha value is -1.25. The van der Waals surface area contributed by atoms with Gasteiger partial charge in [0.15, 0.2) is 6.29 Å². The summed E-state index contributed by atoms with van der Waals surface area (Å²) in [5, 5.41) is 10.9. The van der Waals surface area contributed by atoms with E-state index < -0.39 is 16.4 Å². The third-order valence-corrected chi connectivity index (χ3v) is 3.27. The van der Waals surface area contributed by atoms with Crippen LogP contribution in [-0.2, 0) is 9.47 Å². The minimum absolute atomic E-state index is 0.00668. The van der Waals surface area contributed by atoms with Gasteiger partial charge in [0.1, 0.15) is 5.82 Å². The number of hydrogen-bond acceptors (Lipinski definition) is 5. The molecular weight excluding hydrogens is 337 g/mol. The van der Waals surface area contributed by atoms with Gasteiger partial charge in [-0.15, -0.1) is 0 Å². The molecule has 1 aliphatic rings. The van der Waals surface area contributed by atoms with Crippen LogP contribution in [0.15, 0.2) is 16.6 Å². The lowest BCUT2D eigenvalue weighted by Crippen LogP contribution is -2.26. The van der Waals surface area contributed by atoms with Crippen LogP contribution in [0.4, 0.5) is 10.1 Å². The van der Waals surface area contributed by atoms with Crippen molar-refractivity contribution in [2.45, 2.75) is 19.1 Å². The fraction of sp³-hybridized carbons (Fsp3) is 0.500. The Labute approximate surface area is 123 Å². The van der Waals surface area contributed by atoms with Gasteiger partial charge in [-0.2, -0.15) is 0 Å². The second-order valence-electron chi connectivity index (χ2n) is 4.15. The normalized spacial score (nSPS) is 16.1. The van der Waals surface area contributed by atoms with Crippen LogP contribution in [0.1, 0.15) is 12.8 Å². The molecule has 1 aromatic carbocycles. The smallest absolute Gasteiger partial charge is 0.315 e. The van der Waals surface area contributed by atoms with Gasteiger partial charge in [-0.3, -0.25) is 10.1 Å². The summed E-state index contributed by atoms with van der Waals surface area (Å²) >= 11 is 3.06. The number of nitro benzene ring substituents is 1. The van der Waals surface area contributed by atoms with Gasteiger partial charge in [-0.25, -0.2) is 4.39 Å². The minimum atomic E-state index is -0.699. The van der Waals surface area contributed by atoms with Crippen molar-refractivity contribution in [2.75, 3.05) is 19.8 Å². The van der Waals surface area contributed by atoms with E-state index in [-0.39, 0.29) is 23.1 Å². The molecule has 0 atom stereocenters. The van der Waals surface area contributed by atoms with Crippen molar-refractivity contribution in [3.8, 4) is 5.75 Å². The molecule has 20 heavy (non-hydrogen) atoms. The highest BCUT2D eigenvalue weighted by Gasteiger charge is 2.21. The Balaban J connectivity index is 1.99. The standard InChI is InChI=1S/C12H13BrFNO5/c13-9-6-8(14)7-10(15(16)17)12(9)20-5-2-11-18-3-1-4-19-11/h6-7,11H,1-5H2. The Morgan fingerprint density at radius 2 is 2.15 bits per heavy atom. The van der Waals surface area contributed by atoms with E-state index in [4.69, 9.17) is 14.2 Å². The second-order valence-corrected chi connectivity index (χ2v) is 5.01. The molecule has 0 aromatic heterocycles. The third kappa shape index (κ3) is 3.87. The average molecular weight is 350 g/mol. The van der Waals surface area contributed by atoms with E-state index >= 15 is 0 Å². The number of halogens is 2. The van der Waals surface area contributed by atoms with Gasteiger partial charge >= 0.3 is 5.69 Å². The number of nitro groups is 1. The lowest BCUT2D eigenvalue weighted by molar-refractivity contribution is -0.386. The molecule has 1 aliphatic heterocycles. The molecule has 1 saturated heterocycles. The number of nitrogens with zero attached hydrogens (tertiary/aromatic N) is 1. The molecule has 1 heterocycles. The summed E-state index contributed by atoms with van der Waals surface area (Å²) in [7, 11) is 0. The Morgan fingerprint density at radius 1 is 1.45 bits per heavy atom. The first-order chi connectivity index (χ1) is 9.58. The largest absolute Gasteiger partial charge is 0.486 e. The first kappa shape index (κ1) is 15.1. The lowest BCUT2D eigenvalue weighted by atomic mass is 10.3. The first-order valence-corrected chi connectivity index (χ1v) is 6.86. The van der Waals surface area contributed by atoms with E-state index in [1.54, 1.807) is 0 Å². The van der Waals surface area contributed by atoms with Crippen molar-refractivity contribution < 1.29 is 23.5 Å². The SMILES string of the molecule is O=[N+]([O-])c1cc(F)cc(Br)c1OCCC1OCCCO1. The van der Waals surface area contributed by atoms with Crippen LogP contribution in [0.2, 0.25) is 0 Å². The maximum Gasteiger partial charge on any atom is 0.315 e. The quantitative estimate of drug-likeness (QED) is 0.603. The van der Waals surface area contributed by atoms with Gasteiger partial charge < -0.3 is 14.2 Å². The topological polar surface area (TPSA) is 70.8 Å². The van der Waals surface area contributed by atoms with Crippen molar-refractivity contribution in [3.63, 3.8) is 0 Å². The molecule has 0 amide bonds. The van der Waals surface area contributed by atoms with Crippen LogP contribution >= 0.6 is 15.9 Å².